The number of fused-ring (bicyclic) bond motifs is 1. The van der Waals surface area contributed by atoms with E-state index in [4.69, 9.17) is 0 Å². The molecule has 0 spiro atoms. The Kier molecular flexibility index (Phi) is 3.12. The molecule has 0 aliphatic carbocycles. The molecule has 0 fully saturated rings. The molecule has 0 bridgehead atoms. The number of carbonyl (C=O) groups excluding carboxylic acids is 1. The van der Waals surface area contributed by atoms with Crippen LogP contribution in [-0.4, -0.2) is 16.0 Å². The molecule has 3 aromatic rings. The first-order valence-corrected chi connectivity index (χ1v) is 6.91. The standard InChI is InChI=1S/C15H12N2O2S/c1-9-8-16-15(20-9)17-14(19)12-6-10-4-2-3-5-11(10)7-13(12)18/h2-8,18H,1H3,(H,16,17,19). The number of nitrogens with zero attached hydrogens (tertiary/aromatic N) is 1. The average molecular weight is 284 g/mol. The Morgan fingerprint density at radius 1 is 1.25 bits per heavy atom. The molecule has 2 N–H and O–H groups in total. The van der Waals surface area contributed by atoms with Crippen molar-refractivity contribution in [2.75, 3.05) is 5.32 Å². The number of phenolic OH excluding ortho intramolecular Hbond substituents is 1. The SMILES string of the molecule is Cc1cnc(NC(=O)c2cc3ccccc3cc2O)s1. The van der Waals surface area contributed by atoms with Gasteiger partial charge in [0.15, 0.2) is 5.13 Å². The van der Waals surface area contributed by atoms with Crippen LogP contribution in [0.25, 0.3) is 10.8 Å². The normalized spacial score (nSPS) is 10.7. The molecule has 0 saturated heterocycles. The van der Waals surface area contributed by atoms with Crippen LogP contribution < -0.4 is 5.32 Å². The fourth-order valence-corrected chi connectivity index (χ4v) is 2.65. The lowest BCUT2D eigenvalue weighted by Crippen LogP contribution is -2.11. The van der Waals surface area contributed by atoms with Gasteiger partial charge in [0.05, 0.1) is 5.56 Å². The van der Waals surface area contributed by atoms with Gasteiger partial charge in [-0.3, -0.25) is 10.1 Å². The minimum Gasteiger partial charge on any atom is -0.507 e. The molecule has 100 valence electrons. The number of anilines is 1. The van der Waals surface area contributed by atoms with E-state index in [2.05, 4.69) is 10.3 Å². The van der Waals surface area contributed by atoms with Crippen molar-refractivity contribution in [3.8, 4) is 5.75 Å². The zero-order chi connectivity index (χ0) is 14.1. The van der Waals surface area contributed by atoms with Crippen molar-refractivity contribution in [1.29, 1.82) is 0 Å². The first-order chi connectivity index (χ1) is 9.63. The third kappa shape index (κ3) is 2.35. The van der Waals surface area contributed by atoms with E-state index in [9.17, 15) is 9.90 Å². The summed E-state index contributed by atoms with van der Waals surface area (Å²) in [5, 5.41) is 15.0. The Bertz CT molecular complexity index is 795. The second-order valence-corrected chi connectivity index (χ2v) is 5.68. The lowest BCUT2D eigenvalue weighted by molar-refractivity contribution is 0.102. The molecule has 1 heterocycles. The van der Waals surface area contributed by atoms with Crippen molar-refractivity contribution in [1.82, 2.24) is 4.98 Å². The summed E-state index contributed by atoms with van der Waals surface area (Å²) in [6.07, 6.45) is 1.69. The Hall–Kier alpha value is -2.40. The first-order valence-electron chi connectivity index (χ1n) is 6.09. The largest absolute Gasteiger partial charge is 0.507 e. The minimum atomic E-state index is -0.359. The number of benzene rings is 2. The van der Waals surface area contributed by atoms with Gasteiger partial charge in [0, 0.05) is 11.1 Å². The first kappa shape index (κ1) is 12.6. The second kappa shape index (κ2) is 4.94. The summed E-state index contributed by atoms with van der Waals surface area (Å²) in [7, 11) is 0. The number of hydrogen-bond donors (Lipinski definition) is 2. The Labute approximate surface area is 119 Å². The molecule has 2 aromatic carbocycles. The smallest absolute Gasteiger partial charge is 0.261 e. The molecule has 1 aromatic heterocycles. The van der Waals surface area contributed by atoms with E-state index in [0.717, 1.165) is 15.6 Å². The van der Waals surface area contributed by atoms with E-state index in [-0.39, 0.29) is 17.2 Å². The van der Waals surface area contributed by atoms with Crippen LogP contribution in [0.15, 0.2) is 42.6 Å². The average Bonchev–Trinajstić information content (AvgIpc) is 2.83. The summed E-state index contributed by atoms with van der Waals surface area (Å²) in [5.41, 5.74) is 0.247. The summed E-state index contributed by atoms with van der Waals surface area (Å²) >= 11 is 1.40. The number of aromatic hydroxyl groups is 1. The fourth-order valence-electron chi connectivity index (χ4n) is 1.99. The highest BCUT2D eigenvalue weighted by molar-refractivity contribution is 7.15. The van der Waals surface area contributed by atoms with Crippen molar-refractivity contribution in [2.45, 2.75) is 6.92 Å². The molecule has 0 saturated carbocycles. The predicted octanol–water partition coefficient (Wildman–Crippen LogP) is 3.56. The van der Waals surface area contributed by atoms with E-state index < -0.39 is 0 Å². The molecule has 0 aliphatic heterocycles. The van der Waals surface area contributed by atoms with E-state index in [1.165, 1.54) is 11.3 Å². The highest BCUT2D eigenvalue weighted by Crippen LogP contribution is 2.26. The van der Waals surface area contributed by atoms with Crippen LogP contribution >= 0.6 is 11.3 Å². The van der Waals surface area contributed by atoms with Crippen LogP contribution in [0, 0.1) is 6.92 Å². The summed E-state index contributed by atoms with van der Waals surface area (Å²) in [5.74, 6) is -0.392. The van der Waals surface area contributed by atoms with Crippen LogP contribution in [0.4, 0.5) is 5.13 Å². The summed E-state index contributed by atoms with van der Waals surface area (Å²) in [6.45, 7) is 1.92. The number of aromatic nitrogens is 1. The van der Waals surface area contributed by atoms with Crippen molar-refractivity contribution >= 4 is 33.1 Å². The van der Waals surface area contributed by atoms with Crippen LogP contribution in [0.2, 0.25) is 0 Å². The van der Waals surface area contributed by atoms with Gasteiger partial charge in [-0.2, -0.15) is 0 Å². The van der Waals surface area contributed by atoms with Crippen molar-refractivity contribution in [3.05, 3.63) is 53.0 Å². The molecule has 0 aliphatic rings. The maximum absolute atomic E-state index is 12.2. The van der Waals surface area contributed by atoms with E-state index >= 15 is 0 Å². The molecule has 0 radical (unpaired) electrons. The third-order valence-corrected chi connectivity index (χ3v) is 3.78. The van der Waals surface area contributed by atoms with Gasteiger partial charge in [-0.25, -0.2) is 4.98 Å². The van der Waals surface area contributed by atoms with Gasteiger partial charge < -0.3 is 5.11 Å². The van der Waals surface area contributed by atoms with Crippen molar-refractivity contribution in [3.63, 3.8) is 0 Å². The number of thiazole rings is 1. The fraction of sp³-hybridized carbons (Fsp3) is 0.0667. The van der Waals surface area contributed by atoms with Gasteiger partial charge >= 0.3 is 0 Å². The predicted molar refractivity (Wildman–Crippen MR) is 80.4 cm³/mol. The number of amides is 1. The summed E-state index contributed by atoms with van der Waals surface area (Å²) in [6, 6.07) is 10.9. The van der Waals surface area contributed by atoms with Gasteiger partial charge in [0.2, 0.25) is 0 Å². The molecular formula is C15H12N2O2S. The number of aryl methyl sites for hydroxylation is 1. The van der Waals surface area contributed by atoms with E-state index in [1.54, 1.807) is 18.3 Å². The minimum absolute atomic E-state index is 0.0329. The van der Waals surface area contributed by atoms with E-state index in [1.807, 2.05) is 31.2 Å². The quantitative estimate of drug-likeness (QED) is 0.756. The maximum Gasteiger partial charge on any atom is 0.261 e. The van der Waals surface area contributed by atoms with Gasteiger partial charge in [-0.15, -0.1) is 11.3 Å². The Morgan fingerprint density at radius 2 is 1.95 bits per heavy atom. The zero-order valence-corrected chi connectivity index (χ0v) is 11.6. The molecular weight excluding hydrogens is 272 g/mol. The van der Waals surface area contributed by atoms with Gasteiger partial charge in [0.25, 0.3) is 5.91 Å². The molecule has 20 heavy (non-hydrogen) atoms. The van der Waals surface area contributed by atoms with Crippen LogP contribution in [0.1, 0.15) is 15.2 Å². The number of hydrogen-bond acceptors (Lipinski definition) is 4. The zero-order valence-electron chi connectivity index (χ0n) is 10.8. The van der Waals surface area contributed by atoms with Gasteiger partial charge in [-0.1, -0.05) is 24.3 Å². The number of phenols is 1. The van der Waals surface area contributed by atoms with E-state index in [0.29, 0.717) is 5.13 Å². The number of carbonyl (C=O) groups is 1. The molecule has 4 nitrogen and oxygen atoms in total. The van der Waals surface area contributed by atoms with Crippen LogP contribution in [0.5, 0.6) is 5.75 Å². The van der Waals surface area contributed by atoms with Gasteiger partial charge in [-0.05, 0) is 29.8 Å². The van der Waals surface area contributed by atoms with Gasteiger partial charge in [0.1, 0.15) is 5.75 Å². The van der Waals surface area contributed by atoms with Crippen molar-refractivity contribution in [2.24, 2.45) is 0 Å². The Balaban J connectivity index is 1.96. The summed E-state index contributed by atoms with van der Waals surface area (Å²) in [4.78, 5) is 17.3. The molecule has 0 unspecified atom stereocenters. The lowest BCUT2D eigenvalue weighted by Gasteiger charge is -2.06. The second-order valence-electron chi connectivity index (χ2n) is 4.45. The van der Waals surface area contributed by atoms with Crippen molar-refractivity contribution < 1.29 is 9.90 Å². The summed E-state index contributed by atoms with van der Waals surface area (Å²) < 4.78 is 0. The number of rotatable bonds is 2. The lowest BCUT2D eigenvalue weighted by atomic mass is 10.1. The molecule has 1 amide bonds. The van der Waals surface area contributed by atoms with Crippen LogP contribution in [-0.2, 0) is 0 Å². The number of nitrogens with one attached hydrogen (secondary N) is 1. The van der Waals surface area contributed by atoms with Crippen LogP contribution in [0.3, 0.4) is 0 Å². The Morgan fingerprint density at radius 3 is 2.60 bits per heavy atom. The molecule has 3 rings (SSSR count). The topological polar surface area (TPSA) is 62.2 Å². The maximum atomic E-state index is 12.2. The third-order valence-electron chi connectivity index (χ3n) is 2.95. The highest BCUT2D eigenvalue weighted by atomic mass is 32.1. The molecule has 0 atom stereocenters. The highest BCUT2D eigenvalue weighted by Gasteiger charge is 2.13. The monoisotopic (exact) mass is 284 g/mol. The molecule has 5 heteroatoms.